The van der Waals surface area contributed by atoms with E-state index in [1.54, 1.807) is 0 Å². The summed E-state index contributed by atoms with van der Waals surface area (Å²) in [6.45, 7) is 0. The summed E-state index contributed by atoms with van der Waals surface area (Å²) in [4.78, 5) is 25.4. The quantitative estimate of drug-likeness (QED) is 0.569. The van der Waals surface area contributed by atoms with E-state index >= 15 is 0 Å². The lowest BCUT2D eigenvalue weighted by atomic mass is 9.88. The van der Waals surface area contributed by atoms with Gasteiger partial charge in [-0.25, -0.2) is 9.18 Å². The number of aryl methyl sites for hydroxylation is 2. The Labute approximate surface area is 166 Å². The molecule has 0 bridgehead atoms. The predicted molar refractivity (Wildman–Crippen MR) is 106 cm³/mol. The van der Waals surface area contributed by atoms with E-state index in [2.05, 4.69) is 21.2 Å². The predicted octanol–water partition coefficient (Wildman–Crippen LogP) is 5.37. The fourth-order valence-electron chi connectivity index (χ4n) is 3.27. The first kappa shape index (κ1) is 17.9. The Balaban J connectivity index is 1.77. The van der Waals surface area contributed by atoms with Crippen LogP contribution in [0.15, 0.2) is 46.9 Å². The molecule has 1 heterocycles. The van der Waals surface area contributed by atoms with Crippen LogP contribution in [0.25, 0.3) is 11.1 Å². The zero-order valence-corrected chi connectivity index (χ0v) is 16.3. The van der Waals surface area contributed by atoms with Crippen molar-refractivity contribution < 1.29 is 19.1 Å². The Kier molecular flexibility index (Phi) is 4.57. The molecular weight excluding hydrogens is 433 g/mol. The Morgan fingerprint density at radius 1 is 1.11 bits per heavy atom. The van der Waals surface area contributed by atoms with Crippen LogP contribution in [0, 0.1) is 5.82 Å². The van der Waals surface area contributed by atoms with Crippen molar-refractivity contribution in [2.75, 3.05) is 5.32 Å². The van der Waals surface area contributed by atoms with Gasteiger partial charge in [-0.1, -0.05) is 22.0 Å². The number of thiophene rings is 1. The summed E-state index contributed by atoms with van der Waals surface area (Å²) in [5, 5.41) is 12.8. The zero-order chi connectivity index (χ0) is 19.1. The number of halogens is 2. The SMILES string of the molecule is O=C(Nc1sc2c(c1C(=O)O)-c1ccc(Br)cc1CC2)c1ccc(F)cc1. The van der Waals surface area contributed by atoms with Gasteiger partial charge in [0.1, 0.15) is 16.4 Å². The maximum atomic E-state index is 13.1. The highest BCUT2D eigenvalue weighted by atomic mass is 79.9. The molecule has 2 aromatic carbocycles. The molecule has 0 fully saturated rings. The molecular formula is C20H13BrFNO3S. The maximum Gasteiger partial charge on any atom is 0.339 e. The Morgan fingerprint density at radius 2 is 1.85 bits per heavy atom. The molecule has 7 heteroatoms. The lowest BCUT2D eigenvalue weighted by molar-refractivity contribution is 0.0699. The van der Waals surface area contributed by atoms with E-state index < -0.39 is 17.7 Å². The van der Waals surface area contributed by atoms with Gasteiger partial charge in [0.05, 0.1) is 0 Å². The molecule has 4 nitrogen and oxygen atoms in total. The number of fused-ring (bicyclic) bond motifs is 3. The third kappa shape index (κ3) is 3.28. The van der Waals surface area contributed by atoms with E-state index in [0.717, 1.165) is 33.3 Å². The minimum atomic E-state index is -1.09. The fraction of sp³-hybridized carbons (Fsp3) is 0.100. The van der Waals surface area contributed by atoms with Crippen LogP contribution in [0.4, 0.5) is 9.39 Å². The van der Waals surface area contributed by atoms with Gasteiger partial charge in [-0.15, -0.1) is 11.3 Å². The number of carboxylic acids is 1. The third-order valence-corrected chi connectivity index (χ3v) is 6.14. The van der Waals surface area contributed by atoms with Crippen molar-refractivity contribution in [3.63, 3.8) is 0 Å². The summed E-state index contributed by atoms with van der Waals surface area (Å²) in [6.07, 6.45) is 1.53. The van der Waals surface area contributed by atoms with Gasteiger partial charge in [-0.05, 0) is 60.4 Å². The van der Waals surface area contributed by atoms with E-state index in [1.165, 1.54) is 35.6 Å². The van der Waals surface area contributed by atoms with Crippen molar-refractivity contribution in [2.45, 2.75) is 12.8 Å². The normalized spacial score (nSPS) is 12.2. The van der Waals surface area contributed by atoms with Crippen LogP contribution >= 0.6 is 27.3 Å². The van der Waals surface area contributed by atoms with Crippen LogP contribution in [-0.4, -0.2) is 17.0 Å². The average Bonchev–Trinajstić information content (AvgIpc) is 3.00. The summed E-state index contributed by atoms with van der Waals surface area (Å²) in [6, 6.07) is 10.9. The average molecular weight is 446 g/mol. The molecule has 0 spiro atoms. The minimum absolute atomic E-state index is 0.105. The van der Waals surface area contributed by atoms with Crippen LogP contribution in [0.5, 0.6) is 0 Å². The van der Waals surface area contributed by atoms with Gasteiger partial charge < -0.3 is 10.4 Å². The number of nitrogens with one attached hydrogen (secondary N) is 1. The smallest absolute Gasteiger partial charge is 0.339 e. The number of hydrogen-bond acceptors (Lipinski definition) is 3. The lowest BCUT2D eigenvalue weighted by Crippen LogP contribution is -2.13. The van der Waals surface area contributed by atoms with Gasteiger partial charge in [0, 0.05) is 20.5 Å². The second-order valence-corrected chi connectivity index (χ2v) is 8.19. The molecule has 1 aliphatic rings. The maximum absolute atomic E-state index is 13.1. The summed E-state index contributed by atoms with van der Waals surface area (Å²) >= 11 is 4.73. The first-order valence-corrected chi connectivity index (χ1v) is 9.79. The van der Waals surface area contributed by atoms with Gasteiger partial charge in [-0.3, -0.25) is 4.79 Å². The molecule has 0 saturated heterocycles. The third-order valence-electron chi connectivity index (χ3n) is 4.49. The van der Waals surface area contributed by atoms with Crippen molar-refractivity contribution in [3.8, 4) is 11.1 Å². The second kappa shape index (κ2) is 6.90. The number of amides is 1. The molecule has 4 rings (SSSR count). The van der Waals surface area contributed by atoms with E-state index in [1.807, 2.05) is 18.2 Å². The van der Waals surface area contributed by atoms with Crippen LogP contribution in [-0.2, 0) is 12.8 Å². The van der Waals surface area contributed by atoms with E-state index in [-0.39, 0.29) is 11.1 Å². The van der Waals surface area contributed by atoms with Gasteiger partial charge in [0.25, 0.3) is 5.91 Å². The van der Waals surface area contributed by atoms with Crippen LogP contribution in [0.2, 0.25) is 0 Å². The molecule has 0 unspecified atom stereocenters. The van der Waals surface area contributed by atoms with Gasteiger partial charge in [0.15, 0.2) is 0 Å². The largest absolute Gasteiger partial charge is 0.478 e. The van der Waals surface area contributed by atoms with Crippen molar-refractivity contribution in [1.29, 1.82) is 0 Å². The van der Waals surface area contributed by atoms with Crippen molar-refractivity contribution in [2.24, 2.45) is 0 Å². The first-order valence-electron chi connectivity index (χ1n) is 8.18. The Hall–Kier alpha value is -2.51. The number of carbonyl (C=O) groups is 2. The molecule has 3 aromatic rings. The zero-order valence-electron chi connectivity index (χ0n) is 13.9. The fourth-order valence-corrected chi connectivity index (χ4v) is 4.88. The lowest BCUT2D eigenvalue weighted by Gasteiger charge is -2.17. The van der Waals surface area contributed by atoms with Crippen LogP contribution in [0.1, 0.15) is 31.2 Å². The highest BCUT2D eigenvalue weighted by molar-refractivity contribution is 9.10. The Bertz CT molecular complexity index is 1080. The second-order valence-electron chi connectivity index (χ2n) is 6.17. The monoisotopic (exact) mass is 445 g/mol. The highest BCUT2D eigenvalue weighted by Gasteiger charge is 2.29. The molecule has 0 radical (unpaired) electrons. The van der Waals surface area contributed by atoms with Gasteiger partial charge >= 0.3 is 5.97 Å². The van der Waals surface area contributed by atoms with Gasteiger partial charge in [-0.2, -0.15) is 0 Å². The standard InChI is InChI=1S/C20H13BrFNO3S/c21-12-4-7-14-11(9-12)3-8-15-16(14)17(20(25)26)19(27-15)23-18(24)10-1-5-13(22)6-2-10/h1-2,4-7,9H,3,8H2,(H,23,24)(H,25,26). The number of hydrogen-bond donors (Lipinski definition) is 2. The molecule has 1 amide bonds. The molecule has 27 heavy (non-hydrogen) atoms. The minimum Gasteiger partial charge on any atom is -0.478 e. The van der Waals surface area contributed by atoms with Crippen LogP contribution < -0.4 is 5.32 Å². The summed E-state index contributed by atoms with van der Waals surface area (Å²) in [7, 11) is 0. The number of carboxylic acid groups (broad SMARTS) is 1. The van der Waals surface area contributed by atoms with E-state index in [4.69, 9.17) is 0 Å². The van der Waals surface area contributed by atoms with Crippen molar-refractivity contribution in [3.05, 3.63) is 74.3 Å². The summed E-state index contributed by atoms with van der Waals surface area (Å²) < 4.78 is 14.0. The summed E-state index contributed by atoms with van der Waals surface area (Å²) in [5.74, 6) is -1.99. The van der Waals surface area contributed by atoms with E-state index in [9.17, 15) is 19.1 Å². The van der Waals surface area contributed by atoms with Gasteiger partial charge in [0.2, 0.25) is 0 Å². The molecule has 1 aliphatic carbocycles. The van der Waals surface area contributed by atoms with E-state index in [0.29, 0.717) is 10.6 Å². The Morgan fingerprint density at radius 3 is 2.56 bits per heavy atom. The van der Waals surface area contributed by atoms with Crippen molar-refractivity contribution in [1.82, 2.24) is 0 Å². The number of aromatic carboxylic acids is 1. The van der Waals surface area contributed by atoms with Crippen molar-refractivity contribution >= 4 is 44.1 Å². The molecule has 0 saturated carbocycles. The number of anilines is 1. The highest BCUT2D eigenvalue weighted by Crippen LogP contribution is 2.45. The number of rotatable bonds is 3. The number of benzene rings is 2. The molecule has 0 atom stereocenters. The van der Waals surface area contributed by atoms with Crippen LogP contribution in [0.3, 0.4) is 0 Å². The first-order chi connectivity index (χ1) is 12.9. The molecule has 0 aliphatic heterocycles. The topological polar surface area (TPSA) is 66.4 Å². The molecule has 2 N–H and O–H groups in total. The molecule has 1 aromatic heterocycles. The number of carbonyl (C=O) groups excluding carboxylic acids is 1. The molecule has 136 valence electrons. The summed E-state index contributed by atoms with van der Waals surface area (Å²) in [5.41, 5.74) is 3.01.